The maximum absolute atomic E-state index is 13.2. The van der Waals surface area contributed by atoms with Crippen molar-refractivity contribution in [1.82, 2.24) is 19.5 Å². The van der Waals surface area contributed by atoms with E-state index in [1.165, 1.54) is 12.7 Å². The summed E-state index contributed by atoms with van der Waals surface area (Å²) in [5.74, 6) is -0.0330. The Morgan fingerprint density at radius 3 is 2.92 bits per heavy atom. The molecule has 2 aliphatic carbocycles. The Morgan fingerprint density at radius 2 is 2.14 bits per heavy atom. The van der Waals surface area contributed by atoms with Gasteiger partial charge in [0.25, 0.3) is 0 Å². The second-order valence-corrected chi connectivity index (χ2v) is 15.1. The number of aromatic nitrogens is 4. The number of aliphatic hydroxyl groups excluding tert-OH is 1. The van der Waals surface area contributed by atoms with Crippen molar-refractivity contribution in [3.05, 3.63) is 12.7 Å². The van der Waals surface area contributed by atoms with Crippen LogP contribution in [-0.2, 0) is 39.2 Å². The van der Waals surface area contributed by atoms with Crippen molar-refractivity contribution in [3.8, 4) is 0 Å². The first-order chi connectivity index (χ1) is 17.5. The number of fused-ring (bicyclic) bond motifs is 3. The Morgan fingerprint density at radius 1 is 1.32 bits per heavy atom. The summed E-state index contributed by atoms with van der Waals surface area (Å²) in [6.45, 7) is -8.08. The molecule has 2 aromatic rings. The molecule has 0 aromatic carbocycles. The predicted octanol–water partition coefficient (Wildman–Crippen LogP) is 0.504. The van der Waals surface area contributed by atoms with Gasteiger partial charge in [-0.3, -0.25) is 4.52 Å². The lowest BCUT2D eigenvalue weighted by atomic mass is 10.0. The van der Waals surface area contributed by atoms with E-state index in [1.807, 2.05) is 0 Å². The minimum Gasteiger partial charge on any atom is -0.390 e. The van der Waals surface area contributed by atoms with Gasteiger partial charge in [-0.05, 0) is 24.1 Å². The van der Waals surface area contributed by atoms with E-state index in [0.717, 1.165) is 6.34 Å². The molecule has 2 aromatic heterocycles. The van der Waals surface area contributed by atoms with Crippen LogP contribution in [0.3, 0.4) is 0 Å². The molecular weight excluding hydrogens is 568 g/mol. The Bertz CT molecular complexity index is 1350. The summed E-state index contributed by atoms with van der Waals surface area (Å²) in [4.78, 5) is 27.4. The van der Waals surface area contributed by atoms with Crippen LogP contribution < -0.4 is 11.5 Å². The molecule has 6 N–H and O–H groups in total. The maximum atomic E-state index is 13.2. The molecule has 4 aliphatic rings. The van der Waals surface area contributed by atoms with Crippen molar-refractivity contribution in [2.45, 2.75) is 49.5 Å². The second-order valence-electron chi connectivity index (χ2n) is 9.47. The summed E-state index contributed by atoms with van der Waals surface area (Å²) in [5.41, 5.74) is 11.3. The Kier molecular flexibility index (Phi) is 6.45. The number of imidazole rings is 1. The van der Waals surface area contributed by atoms with Crippen LogP contribution in [0.4, 0.5) is 5.82 Å². The Balaban J connectivity index is 1.34. The lowest BCUT2D eigenvalue weighted by molar-refractivity contribution is -0.0355. The molecule has 6 rings (SSSR count). The van der Waals surface area contributed by atoms with Crippen LogP contribution in [0.5, 0.6) is 0 Å². The summed E-state index contributed by atoms with van der Waals surface area (Å²) >= 11 is 9.44. The number of aliphatic imine (C=N–C) groups is 1. The molecular formula is C18H25N7O8P2S2. The zero-order valence-corrected chi connectivity index (χ0v) is 22.6. The van der Waals surface area contributed by atoms with Crippen LogP contribution in [0.25, 0.3) is 11.2 Å². The van der Waals surface area contributed by atoms with Gasteiger partial charge in [-0.25, -0.2) is 24.5 Å². The standard InChI is InChI=1S/C18H25N7O8P2S2/c19-5-21-17-10-1-8(31-17)3-29-34(27,36)33-14-13(26)12(9-2-18(9,14)4-30-35(28,37)32-10)25-7-24-11-15(20)22-6-23-16(11)25/h5-10,12-14,17,26H,1-4H2,(H2,19,21)(H,27,36)(H,28,37)(H2,20,22,23)/t8-,9+,10+,12+,13-,14-,17+,18?,34?,35?/m0/s1. The molecule has 37 heavy (non-hydrogen) atoms. The molecule has 4 fully saturated rings. The molecule has 3 unspecified atom stereocenters. The average Bonchev–Trinajstić information content (AvgIpc) is 3.07. The number of anilines is 1. The van der Waals surface area contributed by atoms with Crippen LogP contribution in [0.1, 0.15) is 18.9 Å². The molecule has 202 valence electrons. The van der Waals surface area contributed by atoms with Crippen molar-refractivity contribution < 1.29 is 37.4 Å². The van der Waals surface area contributed by atoms with E-state index in [1.54, 1.807) is 4.57 Å². The molecule has 0 radical (unpaired) electrons. The smallest absolute Gasteiger partial charge is 0.386 e. The minimum atomic E-state index is -3.92. The van der Waals surface area contributed by atoms with E-state index in [0.29, 0.717) is 17.6 Å². The van der Waals surface area contributed by atoms with Gasteiger partial charge in [-0.15, -0.1) is 0 Å². The number of hydrogen-bond acceptors (Lipinski definition) is 13. The minimum absolute atomic E-state index is 0.146. The van der Waals surface area contributed by atoms with Crippen molar-refractivity contribution >= 4 is 60.9 Å². The lowest BCUT2D eigenvalue weighted by Gasteiger charge is -2.31. The zero-order chi connectivity index (χ0) is 26.2. The van der Waals surface area contributed by atoms with Crippen LogP contribution >= 0.6 is 25.8 Å². The summed E-state index contributed by atoms with van der Waals surface area (Å²) in [7, 11) is 0. The van der Waals surface area contributed by atoms with E-state index in [4.69, 9.17) is 46.1 Å². The van der Waals surface area contributed by atoms with Crippen LogP contribution in [0.2, 0.25) is 0 Å². The zero-order valence-electron chi connectivity index (χ0n) is 19.1. The third kappa shape index (κ3) is 4.53. The fourth-order valence-corrected chi connectivity index (χ4v) is 8.68. The molecule has 2 saturated carbocycles. The highest BCUT2D eigenvalue weighted by molar-refractivity contribution is 8.44. The van der Waals surface area contributed by atoms with Crippen LogP contribution in [-0.4, -0.2) is 79.7 Å². The van der Waals surface area contributed by atoms with Gasteiger partial charge < -0.3 is 44.3 Å². The summed E-state index contributed by atoms with van der Waals surface area (Å²) in [6.07, 6.45) is 0.120. The molecule has 10 atom stereocenters. The first-order valence-electron chi connectivity index (χ1n) is 11.3. The number of aliphatic hydroxyl groups is 1. The number of ether oxygens (including phenoxy) is 1. The number of nitrogens with zero attached hydrogens (tertiary/aromatic N) is 5. The first-order valence-corrected chi connectivity index (χ1v) is 16.6. The largest absolute Gasteiger partial charge is 0.390 e. The van der Waals surface area contributed by atoms with Gasteiger partial charge in [-0.1, -0.05) is 12.2 Å². The molecule has 15 nitrogen and oxygen atoms in total. The first kappa shape index (κ1) is 26.0. The number of nitrogens with two attached hydrogens (primary N) is 2. The van der Waals surface area contributed by atoms with E-state index in [-0.39, 0.29) is 31.4 Å². The average molecular weight is 594 g/mol. The Hall–Kier alpha value is -1.23. The van der Waals surface area contributed by atoms with Gasteiger partial charge in [0.2, 0.25) is 0 Å². The quantitative estimate of drug-likeness (QED) is 0.139. The molecule has 2 aliphatic heterocycles. The van der Waals surface area contributed by atoms with E-state index in [9.17, 15) is 14.6 Å². The number of thiol groups is 1. The summed E-state index contributed by atoms with van der Waals surface area (Å²) in [6, 6.07) is -0.584. The fraction of sp³-hybridized carbons (Fsp3) is 0.667. The topological polar surface area (TPSA) is 212 Å². The van der Waals surface area contributed by atoms with Gasteiger partial charge in [0.05, 0.1) is 38.0 Å². The van der Waals surface area contributed by atoms with Crippen molar-refractivity contribution in [2.24, 2.45) is 22.1 Å². The van der Waals surface area contributed by atoms with Gasteiger partial charge in [0, 0.05) is 11.8 Å². The third-order valence-corrected chi connectivity index (χ3v) is 10.5. The van der Waals surface area contributed by atoms with Crippen LogP contribution in [0.15, 0.2) is 17.6 Å². The fourth-order valence-electron chi connectivity index (χ4n) is 5.65. The SMILES string of the molecule is NC=N[C@@H]1O[C@@H]2COP(O)(=S)O[C@H]3[C@@H](O)[C@H](n4cnc5c(N)ncnc54)[C@H]4CC43COP(=O)(S)O[C@@H]1C2. The normalized spacial score (nSPS) is 46.2. The van der Waals surface area contributed by atoms with Gasteiger partial charge >= 0.3 is 13.5 Å². The van der Waals surface area contributed by atoms with E-state index in [2.05, 4.69) is 32.2 Å². The predicted molar refractivity (Wildman–Crippen MR) is 136 cm³/mol. The van der Waals surface area contributed by atoms with Crippen molar-refractivity contribution in [1.29, 1.82) is 0 Å². The molecule has 0 amide bonds. The van der Waals surface area contributed by atoms with Gasteiger partial charge in [-0.2, -0.15) is 0 Å². The van der Waals surface area contributed by atoms with E-state index >= 15 is 0 Å². The highest BCUT2D eigenvalue weighted by Crippen LogP contribution is 2.72. The Labute approximate surface area is 220 Å². The van der Waals surface area contributed by atoms with Crippen molar-refractivity contribution in [2.75, 3.05) is 18.9 Å². The van der Waals surface area contributed by atoms with E-state index < -0.39 is 55.6 Å². The maximum Gasteiger partial charge on any atom is 0.386 e. The molecule has 4 heterocycles. The van der Waals surface area contributed by atoms with Gasteiger partial charge in [0.15, 0.2) is 17.7 Å². The highest BCUT2D eigenvalue weighted by Gasteiger charge is 2.73. The summed E-state index contributed by atoms with van der Waals surface area (Å²) in [5, 5.41) is 11.4. The van der Waals surface area contributed by atoms with Crippen molar-refractivity contribution in [3.63, 3.8) is 0 Å². The molecule has 1 spiro atoms. The highest BCUT2D eigenvalue weighted by atomic mass is 32.7. The second kappa shape index (κ2) is 9.17. The number of hydrogen-bond donors (Lipinski definition) is 5. The van der Waals surface area contributed by atoms with Crippen LogP contribution in [0, 0.1) is 11.3 Å². The molecule has 19 heteroatoms. The number of rotatable bonds is 2. The van der Waals surface area contributed by atoms with Gasteiger partial charge in [0.1, 0.15) is 30.2 Å². The molecule has 2 bridgehead atoms. The third-order valence-electron chi connectivity index (χ3n) is 7.34. The monoisotopic (exact) mass is 593 g/mol. The number of nitrogen functional groups attached to an aromatic ring is 1. The summed E-state index contributed by atoms with van der Waals surface area (Å²) < 4.78 is 43.6. The lowest BCUT2D eigenvalue weighted by Crippen LogP contribution is -2.38. The molecule has 2 saturated heterocycles.